The summed E-state index contributed by atoms with van der Waals surface area (Å²) in [7, 11) is -4.74. The first-order chi connectivity index (χ1) is 11.7. The van der Waals surface area contributed by atoms with Crippen LogP contribution in [-0.4, -0.2) is 32.2 Å². The number of hydrogen-bond acceptors (Lipinski definition) is 4. The predicted molar refractivity (Wildman–Crippen MR) is 74.3 cm³/mol. The van der Waals surface area contributed by atoms with Crippen molar-refractivity contribution in [3.8, 4) is 0 Å². The Morgan fingerprint density at radius 1 is 0.962 bits per heavy atom. The highest BCUT2D eigenvalue weighted by atomic mass is 32.2. The normalized spacial score (nSPS) is 18.9. The zero-order valence-electron chi connectivity index (χ0n) is 12.3. The highest BCUT2D eigenvalue weighted by Crippen LogP contribution is 2.37. The maximum Gasteiger partial charge on any atom is 0.416 e. The molecule has 1 aromatic carbocycles. The summed E-state index contributed by atoms with van der Waals surface area (Å²) in [5, 5.41) is 1.66. The molecule has 0 bridgehead atoms. The van der Waals surface area contributed by atoms with Crippen molar-refractivity contribution in [3.05, 3.63) is 29.3 Å². The molecule has 1 aromatic rings. The van der Waals surface area contributed by atoms with E-state index in [0.29, 0.717) is 0 Å². The standard InChI is InChI=1S/C12H9F6N3O4S/c13-11(14,15)5-1-6(12(16,17)18)3-7(2-5)21-26(24,25)8-4-19-10(23)20-9(8)22/h1-3,8,21H,4H2,(H2,19,20,22,23). The number of urea groups is 1. The second-order valence-electron chi connectivity index (χ2n) is 5.13. The van der Waals surface area contributed by atoms with Crippen LogP contribution in [0.25, 0.3) is 0 Å². The molecule has 26 heavy (non-hydrogen) atoms. The van der Waals surface area contributed by atoms with Gasteiger partial charge in [0, 0.05) is 12.2 Å². The van der Waals surface area contributed by atoms with Gasteiger partial charge < -0.3 is 5.32 Å². The largest absolute Gasteiger partial charge is 0.416 e. The molecular weight excluding hydrogens is 396 g/mol. The Morgan fingerprint density at radius 3 is 1.88 bits per heavy atom. The molecule has 1 fully saturated rings. The van der Waals surface area contributed by atoms with Crippen molar-refractivity contribution in [1.29, 1.82) is 0 Å². The van der Waals surface area contributed by atoms with Crippen molar-refractivity contribution in [1.82, 2.24) is 10.6 Å². The Morgan fingerprint density at radius 2 is 1.46 bits per heavy atom. The summed E-state index contributed by atoms with van der Waals surface area (Å²) in [6, 6.07) is -0.844. The minimum Gasteiger partial charge on any atom is -0.336 e. The summed E-state index contributed by atoms with van der Waals surface area (Å²) in [6.07, 6.45) is -10.3. The summed E-state index contributed by atoms with van der Waals surface area (Å²) < 4.78 is 102. The van der Waals surface area contributed by atoms with Crippen LogP contribution < -0.4 is 15.4 Å². The zero-order valence-corrected chi connectivity index (χ0v) is 13.1. The van der Waals surface area contributed by atoms with Gasteiger partial charge in [-0.1, -0.05) is 0 Å². The molecular formula is C12H9F6N3O4S. The minimum absolute atomic E-state index is 0.159. The van der Waals surface area contributed by atoms with Crippen LogP contribution in [0.4, 0.5) is 36.8 Å². The van der Waals surface area contributed by atoms with Crippen molar-refractivity contribution in [2.45, 2.75) is 17.6 Å². The SMILES string of the molecule is O=C1NCC(S(=O)(=O)Nc2cc(C(F)(F)F)cc(C(F)(F)F)c2)C(=O)N1. The van der Waals surface area contributed by atoms with Crippen molar-refractivity contribution in [3.63, 3.8) is 0 Å². The number of hydrogen-bond donors (Lipinski definition) is 3. The van der Waals surface area contributed by atoms with Gasteiger partial charge in [0.25, 0.3) is 0 Å². The van der Waals surface area contributed by atoms with Crippen LogP contribution in [0, 0.1) is 0 Å². The summed E-state index contributed by atoms with van der Waals surface area (Å²) in [5.74, 6) is -1.27. The van der Waals surface area contributed by atoms with Crippen molar-refractivity contribution in [2.24, 2.45) is 0 Å². The number of halogens is 6. The van der Waals surface area contributed by atoms with E-state index in [9.17, 15) is 44.3 Å². The van der Waals surface area contributed by atoms with E-state index in [4.69, 9.17) is 0 Å². The topological polar surface area (TPSA) is 104 Å². The van der Waals surface area contributed by atoms with Gasteiger partial charge in [-0.3, -0.25) is 14.8 Å². The van der Waals surface area contributed by atoms with E-state index in [2.05, 4.69) is 0 Å². The smallest absolute Gasteiger partial charge is 0.336 e. The number of sulfonamides is 1. The summed E-state index contributed by atoms with van der Waals surface area (Å²) >= 11 is 0. The van der Waals surface area contributed by atoms with Gasteiger partial charge in [-0.2, -0.15) is 26.3 Å². The fraction of sp³-hybridized carbons (Fsp3) is 0.333. The molecule has 1 aliphatic heterocycles. The first-order valence-electron chi connectivity index (χ1n) is 6.60. The summed E-state index contributed by atoms with van der Waals surface area (Å²) in [4.78, 5) is 22.4. The van der Waals surface area contributed by atoms with E-state index in [1.807, 2.05) is 5.32 Å². The molecule has 3 amide bonds. The van der Waals surface area contributed by atoms with Gasteiger partial charge in [0.15, 0.2) is 5.25 Å². The molecule has 144 valence electrons. The van der Waals surface area contributed by atoms with E-state index in [1.54, 1.807) is 5.32 Å². The van der Waals surface area contributed by atoms with E-state index in [-0.39, 0.29) is 18.2 Å². The lowest BCUT2D eigenvalue weighted by molar-refractivity contribution is -0.143. The fourth-order valence-electron chi connectivity index (χ4n) is 2.01. The van der Waals surface area contributed by atoms with Crippen LogP contribution in [0.5, 0.6) is 0 Å². The second-order valence-corrected chi connectivity index (χ2v) is 6.99. The molecule has 1 aliphatic rings. The monoisotopic (exact) mass is 405 g/mol. The van der Waals surface area contributed by atoms with Gasteiger partial charge >= 0.3 is 18.4 Å². The Bertz CT molecular complexity index is 817. The van der Waals surface area contributed by atoms with Gasteiger partial charge in [0.2, 0.25) is 15.9 Å². The lowest BCUT2D eigenvalue weighted by Gasteiger charge is -2.23. The molecule has 3 N–H and O–H groups in total. The third-order valence-electron chi connectivity index (χ3n) is 3.20. The van der Waals surface area contributed by atoms with Gasteiger partial charge in [-0.05, 0) is 18.2 Å². The molecule has 14 heteroatoms. The number of nitrogens with one attached hydrogen (secondary N) is 3. The molecule has 1 unspecified atom stereocenters. The van der Waals surface area contributed by atoms with Crippen molar-refractivity contribution in [2.75, 3.05) is 11.3 Å². The van der Waals surface area contributed by atoms with E-state index < -0.39 is 62.9 Å². The lowest BCUT2D eigenvalue weighted by atomic mass is 10.1. The first kappa shape index (κ1) is 19.8. The number of amides is 3. The number of imide groups is 1. The lowest BCUT2D eigenvalue weighted by Crippen LogP contribution is -2.58. The van der Waals surface area contributed by atoms with Crippen LogP contribution in [-0.2, 0) is 27.2 Å². The van der Waals surface area contributed by atoms with Crippen LogP contribution >= 0.6 is 0 Å². The maximum absolute atomic E-state index is 12.8. The zero-order chi connectivity index (χ0) is 19.9. The third kappa shape index (κ3) is 4.36. The second kappa shape index (κ2) is 6.34. The Hall–Kier alpha value is -2.51. The number of alkyl halides is 6. The molecule has 0 aliphatic carbocycles. The predicted octanol–water partition coefficient (Wildman–Crippen LogP) is 1.67. The maximum atomic E-state index is 12.8. The van der Waals surface area contributed by atoms with E-state index in [1.165, 1.54) is 4.72 Å². The quantitative estimate of drug-likeness (QED) is 0.666. The molecule has 7 nitrogen and oxygen atoms in total. The Balaban J connectivity index is 2.42. The molecule has 0 aromatic heterocycles. The average molecular weight is 405 g/mol. The van der Waals surface area contributed by atoms with E-state index in [0.717, 1.165) is 0 Å². The molecule has 0 radical (unpaired) electrons. The fourth-order valence-corrected chi connectivity index (χ4v) is 3.25. The Labute approximate surface area is 141 Å². The summed E-state index contributed by atoms with van der Waals surface area (Å²) in [5.41, 5.74) is -4.49. The molecule has 1 atom stereocenters. The van der Waals surface area contributed by atoms with Gasteiger partial charge in [0.1, 0.15) is 0 Å². The first-order valence-corrected chi connectivity index (χ1v) is 8.14. The van der Waals surface area contributed by atoms with Crippen LogP contribution in [0.3, 0.4) is 0 Å². The van der Waals surface area contributed by atoms with Crippen LogP contribution in [0.15, 0.2) is 18.2 Å². The molecule has 2 rings (SSSR count). The molecule has 1 saturated heterocycles. The van der Waals surface area contributed by atoms with Crippen molar-refractivity contribution >= 4 is 27.6 Å². The molecule has 0 saturated carbocycles. The highest BCUT2D eigenvalue weighted by molar-refractivity contribution is 7.94. The third-order valence-corrected chi connectivity index (χ3v) is 4.85. The van der Waals surface area contributed by atoms with Crippen molar-refractivity contribution < 1.29 is 44.3 Å². The number of carbonyl (C=O) groups is 2. The van der Waals surface area contributed by atoms with Gasteiger partial charge in [0.05, 0.1) is 11.1 Å². The van der Waals surface area contributed by atoms with Crippen LogP contribution in [0.1, 0.15) is 11.1 Å². The number of benzene rings is 1. The number of carbonyl (C=O) groups excluding carboxylic acids is 2. The average Bonchev–Trinajstić information content (AvgIpc) is 2.44. The number of rotatable bonds is 3. The summed E-state index contributed by atoms with van der Waals surface area (Å²) in [6.45, 7) is -0.703. The molecule has 0 spiro atoms. The Kier molecular flexibility index (Phi) is 4.83. The van der Waals surface area contributed by atoms with Gasteiger partial charge in [-0.25, -0.2) is 13.2 Å². The van der Waals surface area contributed by atoms with Gasteiger partial charge in [-0.15, -0.1) is 0 Å². The highest BCUT2D eigenvalue weighted by Gasteiger charge is 2.40. The van der Waals surface area contributed by atoms with Crippen LogP contribution in [0.2, 0.25) is 0 Å². The van der Waals surface area contributed by atoms with E-state index >= 15 is 0 Å². The number of anilines is 1. The minimum atomic E-state index is -5.17. The molecule has 1 heterocycles.